The van der Waals surface area contributed by atoms with Crippen LogP contribution >= 0.6 is 0 Å². The number of rotatable bonds is 3. The third-order valence-corrected chi connectivity index (χ3v) is 6.05. The monoisotopic (exact) mass is 400 g/mol. The maximum absolute atomic E-state index is 12.4. The smallest absolute Gasteiger partial charge is 0.347 e. The summed E-state index contributed by atoms with van der Waals surface area (Å²) in [6.45, 7) is 3.27. The number of nitrogens with zero attached hydrogens (tertiary/aromatic N) is 5. The zero-order valence-corrected chi connectivity index (χ0v) is 17.1. The zero-order chi connectivity index (χ0) is 19.8. The van der Waals surface area contributed by atoms with Gasteiger partial charge in [-0.05, 0) is 37.7 Å². The molecule has 2 unspecified atom stereocenters. The zero-order valence-electron chi connectivity index (χ0n) is 16.1. The highest BCUT2D eigenvalue weighted by atomic mass is 32.1. The van der Waals surface area contributed by atoms with Crippen LogP contribution in [0.25, 0.3) is 11.0 Å². The number of urea groups is 1. The van der Waals surface area contributed by atoms with E-state index in [9.17, 15) is 4.79 Å². The van der Waals surface area contributed by atoms with Gasteiger partial charge in [-0.3, -0.25) is 0 Å². The first kappa shape index (κ1) is 18.8. The summed E-state index contributed by atoms with van der Waals surface area (Å²) >= 11 is 3.34. The molecule has 2 aromatic heterocycles. The Morgan fingerprint density at radius 3 is 2.79 bits per heavy atom. The molecule has 1 saturated heterocycles. The fraction of sp³-hybridized carbons (Fsp3) is 0.474. The molecular formula is C19H26N7OS+. The fourth-order valence-corrected chi connectivity index (χ4v) is 4.80. The number of hydrogen-bond acceptors (Lipinski definition) is 5. The number of amides is 2. The molecule has 0 aromatic carbocycles. The van der Waals surface area contributed by atoms with Crippen molar-refractivity contribution >= 4 is 40.6 Å². The van der Waals surface area contributed by atoms with Gasteiger partial charge in [0.1, 0.15) is 17.8 Å². The summed E-state index contributed by atoms with van der Waals surface area (Å²) in [7, 11) is 2.10. The van der Waals surface area contributed by atoms with E-state index in [1.165, 1.54) is 0 Å². The van der Waals surface area contributed by atoms with Crippen molar-refractivity contribution in [1.82, 2.24) is 19.9 Å². The van der Waals surface area contributed by atoms with Crippen molar-refractivity contribution < 1.29 is 4.79 Å². The highest BCUT2D eigenvalue weighted by Gasteiger charge is 2.44. The first-order chi connectivity index (χ1) is 13.4. The molecule has 9 heteroatoms. The molecule has 4 rings (SSSR count). The molecule has 2 aromatic rings. The lowest BCUT2D eigenvalue weighted by Gasteiger charge is -2.27. The van der Waals surface area contributed by atoms with Gasteiger partial charge in [0.05, 0.1) is 5.39 Å². The molecule has 0 bridgehead atoms. The number of carbonyl (C=O) groups excluding carboxylic acids is 1. The van der Waals surface area contributed by atoms with Crippen LogP contribution in [-0.2, 0) is 12.6 Å². The molecule has 148 valence electrons. The second-order valence-corrected chi connectivity index (χ2v) is 8.28. The average molecular weight is 401 g/mol. The number of likely N-dealkylation sites (tertiary alicyclic amines) is 1. The number of H-pyrrole nitrogens is 1. The Morgan fingerprint density at radius 2 is 2.11 bits per heavy atom. The maximum atomic E-state index is 12.4. The number of fused-ring (bicyclic) bond motifs is 2. The van der Waals surface area contributed by atoms with Crippen LogP contribution in [0.2, 0.25) is 0 Å². The number of aromatic nitrogens is 3. The highest BCUT2D eigenvalue weighted by molar-refractivity contribution is 7.78. The number of hydrogen-bond donors (Lipinski definition) is 2. The molecule has 1 aliphatic heterocycles. The van der Waals surface area contributed by atoms with Crippen molar-refractivity contribution in [3.8, 4) is 0 Å². The van der Waals surface area contributed by atoms with Crippen molar-refractivity contribution in [2.24, 2.45) is 22.6 Å². The fourth-order valence-electron chi connectivity index (χ4n) is 4.47. The van der Waals surface area contributed by atoms with Gasteiger partial charge in [-0.15, -0.1) is 4.99 Å². The van der Waals surface area contributed by atoms with E-state index in [4.69, 9.17) is 5.73 Å². The first-order valence-electron chi connectivity index (χ1n) is 9.46. The standard InChI is InChI=1S/C19H25N7OS/c1-11(20)5-16(28)24-19(27)26-8-12-6-14(7-13(12)9-26)25(2)18-15-3-4-21-17(15)22-10-23-18/h3-5,10,12-14H,6-9,20H2,1-2H3,(H,21,22,23)(H,24,27,28)/p+1/b11-5-/t12-,13?,14?/m1/s1. The quantitative estimate of drug-likeness (QED) is 0.462. The average Bonchev–Trinajstić information content (AvgIpc) is 3.33. The molecule has 2 fully saturated rings. The number of nitrogens with one attached hydrogen (secondary N) is 1. The van der Waals surface area contributed by atoms with Crippen LogP contribution < -0.4 is 10.6 Å². The normalized spacial score (nSPS) is 25.4. The number of anilines is 1. The number of aromatic amines is 1. The van der Waals surface area contributed by atoms with Crippen LogP contribution in [0.3, 0.4) is 0 Å². The third-order valence-electron chi connectivity index (χ3n) is 5.79. The van der Waals surface area contributed by atoms with Gasteiger partial charge in [0.15, 0.2) is 0 Å². The van der Waals surface area contributed by atoms with E-state index in [0.717, 1.165) is 42.8 Å². The van der Waals surface area contributed by atoms with Crippen LogP contribution in [0.4, 0.5) is 10.6 Å². The Morgan fingerprint density at radius 1 is 1.39 bits per heavy atom. The minimum Gasteiger partial charge on any atom is -0.402 e. The molecule has 2 aliphatic rings. The highest BCUT2D eigenvalue weighted by Crippen LogP contribution is 2.41. The van der Waals surface area contributed by atoms with Crippen LogP contribution in [0.15, 0.2) is 35.4 Å². The van der Waals surface area contributed by atoms with Gasteiger partial charge in [-0.1, -0.05) is 0 Å². The predicted molar refractivity (Wildman–Crippen MR) is 115 cm³/mol. The summed E-state index contributed by atoms with van der Waals surface area (Å²) in [4.78, 5) is 32.6. The van der Waals surface area contributed by atoms with Gasteiger partial charge in [0.2, 0.25) is 5.04 Å². The number of nitrogens with two attached hydrogens (primary N) is 1. The summed E-state index contributed by atoms with van der Waals surface area (Å²) in [6, 6.07) is 2.23. The lowest BCUT2D eigenvalue weighted by atomic mass is 10.0. The largest absolute Gasteiger partial charge is 0.402 e. The lowest BCUT2D eigenvalue weighted by Crippen LogP contribution is -2.34. The summed E-state index contributed by atoms with van der Waals surface area (Å²) in [5, 5.41) is 1.50. The Hall–Kier alpha value is -2.55. The SMILES string of the molecule is C/C(N)=C/C([SH2+])=N\C(=O)N1CC2CC(N(C)c3ncnc4[nH]ccc34)C[C@@H]2C1. The van der Waals surface area contributed by atoms with E-state index in [0.29, 0.717) is 28.6 Å². The van der Waals surface area contributed by atoms with Gasteiger partial charge < -0.3 is 20.5 Å². The Labute approximate surface area is 169 Å². The minimum absolute atomic E-state index is 0.202. The maximum Gasteiger partial charge on any atom is 0.347 e. The lowest BCUT2D eigenvalue weighted by molar-refractivity contribution is 0.215. The minimum atomic E-state index is -0.202. The number of aliphatic imine (C=N–C) groups is 1. The molecular weight excluding hydrogens is 374 g/mol. The third kappa shape index (κ3) is 3.58. The van der Waals surface area contributed by atoms with Crippen LogP contribution in [-0.4, -0.2) is 57.1 Å². The molecule has 3 N–H and O–H groups in total. The van der Waals surface area contributed by atoms with Crippen molar-refractivity contribution in [3.05, 3.63) is 30.4 Å². The second-order valence-electron chi connectivity index (χ2n) is 7.77. The Balaban J connectivity index is 1.41. The Bertz CT molecular complexity index is 935. The van der Waals surface area contributed by atoms with Crippen LogP contribution in [0.1, 0.15) is 19.8 Å². The molecule has 8 nitrogen and oxygen atoms in total. The summed E-state index contributed by atoms with van der Waals surface area (Å²) in [6.07, 6.45) is 7.23. The molecule has 1 aliphatic carbocycles. The molecule has 28 heavy (non-hydrogen) atoms. The molecule has 3 atom stereocenters. The van der Waals surface area contributed by atoms with Gasteiger partial charge in [0, 0.05) is 56.8 Å². The van der Waals surface area contributed by atoms with Crippen molar-refractivity contribution in [1.29, 1.82) is 0 Å². The molecule has 2 amide bonds. The number of carbonyl (C=O) groups is 1. The van der Waals surface area contributed by atoms with E-state index in [-0.39, 0.29) is 6.03 Å². The van der Waals surface area contributed by atoms with E-state index >= 15 is 0 Å². The topological polar surface area (TPSA) is 104 Å². The second kappa shape index (κ2) is 7.46. The van der Waals surface area contributed by atoms with E-state index in [2.05, 4.69) is 44.5 Å². The van der Waals surface area contributed by atoms with Crippen LogP contribution in [0.5, 0.6) is 0 Å². The van der Waals surface area contributed by atoms with Gasteiger partial charge in [-0.25, -0.2) is 14.8 Å². The summed E-state index contributed by atoms with van der Waals surface area (Å²) < 4.78 is 0. The molecule has 3 heterocycles. The van der Waals surface area contributed by atoms with Gasteiger partial charge in [-0.2, -0.15) is 0 Å². The summed E-state index contributed by atoms with van der Waals surface area (Å²) in [5.41, 5.74) is 7.09. The molecule has 1 saturated carbocycles. The number of allylic oxidation sites excluding steroid dienone is 1. The van der Waals surface area contributed by atoms with Gasteiger partial charge >= 0.3 is 6.03 Å². The first-order valence-corrected chi connectivity index (χ1v) is 9.96. The predicted octanol–water partition coefficient (Wildman–Crippen LogP) is 1.50. The van der Waals surface area contributed by atoms with Gasteiger partial charge in [0.25, 0.3) is 0 Å². The Kier molecular flexibility index (Phi) is 5.01. The summed E-state index contributed by atoms with van der Waals surface area (Å²) in [5.74, 6) is 1.96. The van der Waals surface area contributed by atoms with E-state index in [1.807, 2.05) is 17.2 Å². The molecule has 0 spiro atoms. The van der Waals surface area contributed by atoms with E-state index in [1.54, 1.807) is 19.3 Å². The molecule has 0 radical (unpaired) electrons. The van der Waals surface area contributed by atoms with Crippen molar-refractivity contribution in [2.75, 3.05) is 25.0 Å². The van der Waals surface area contributed by atoms with E-state index < -0.39 is 0 Å². The van der Waals surface area contributed by atoms with Crippen LogP contribution in [0, 0.1) is 11.8 Å². The van der Waals surface area contributed by atoms with Crippen molar-refractivity contribution in [3.63, 3.8) is 0 Å². The van der Waals surface area contributed by atoms with Crippen molar-refractivity contribution in [2.45, 2.75) is 25.8 Å².